The molecule has 8 nitrogen and oxygen atoms in total. The first-order valence-electron chi connectivity index (χ1n) is 12.9. The Labute approximate surface area is 231 Å². The van der Waals surface area contributed by atoms with Crippen LogP contribution in [0.1, 0.15) is 31.4 Å². The molecule has 0 unspecified atom stereocenters. The predicted molar refractivity (Wildman–Crippen MR) is 154 cm³/mol. The Hall–Kier alpha value is -3.85. The fourth-order valence-corrected chi connectivity index (χ4v) is 4.99. The Balaban J connectivity index is 2.02. The van der Waals surface area contributed by atoms with E-state index in [0.29, 0.717) is 11.4 Å². The van der Waals surface area contributed by atoms with Gasteiger partial charge in [0, 0.05) is 19.0 Å². The Morgan fingerprint density at radius 2 is 1.46 bits per heavy atom. The zero-order valence-electron chi connectivity index (χ0n) is 22.9. The molecule has 0 fully saturated rings. The minimum atomic E-state index is -3.82. The van der Waals surface area contributed by atoms with Gasteiger partial charge in [-0.25, -0.2) is 8.42 Å². The van der Waals surface area contributed by atoms with E-state index in [1.54, 1.807) is 24.3 Å². The molecule has 1 N–H and O–H groups in total. The third kappa shape index (κ3) is 8.58. The smallest absolute Gasteiger partial charge is 0.244 e. The normalized spacial score (nSPS) is 12.7. The summed E-state index contributed by atoms with van der Waals surface area (Å²) in [5.74, 6) is -0.206. The molecule has 0 saturated carbocycles. The number of hydrogen-bond acceptors (Lipinski definition) is 5. The van der Waals surface area contributed by atoms with Crippen molar-refractivity contribution in [2.24, 2.45) is 0 Å². The number of hydrogen-bond donors (Lipinski definition) is 1. The average molecular weight is 552 g/mol. The lowest BCUT2D eigenvalue weighted by Crippen LogP contribution is -2.54. The minimum absolute atomic E-state index is 0.0868. The summed E-state index contributed by atoms with van der Waals surface area (Å²) in [4.78, 5) is 29.1. The third-order valence-corrected chi connectivity index (χ3v) is 7.65. The Morgan fingerprint density at radius 1 is 0.897 bits per heavy atom. The fourth-order valence-electron chi connectivity index (χ4n) is 4.14. The number of ether oxygens (including phenoxy) is 1. The first kappa shape index (κ1) is 29.7. The first-order valence-corrected chi connectivity index (χ1v) is 14.8. The van der Waals surface area contributed by atoms with Crippen LogP contribution >= 0.6 is 0 Å². The van der Waals surface area contributed by atoms with E-state index in [1.165, 1.54) is 12.0 Å². The highest BCUT2D eigenvalue weighted by Gasteiger charge is 2.33. The summed E-state index contributed by atoms with van der Waals surface area (Å²) in [7, 11) is -2.30. The number of carbonyl (C=O) groups is 2. The molecule has 3 rings (SSSR count). The van der Waals surface area contributed by atoms with Crippen molar-refractivity contribution in [2.45, 2.75) is 45.3 Å². The monoisotopic (exact) mass is 551 g/mol. The molecule has 0 spiro atoms. The van der Waals surface area contributed by atoms with Crippen molar-refractivity contribution < 1.29 is 22.7 Å². The molecule has 0 radical (unpaired) electrons. The first-order chi connectivity index (χ1) is 18.6. The number of sulfonamides is 1. The van der Waals surface area contributed by atoms with Gasteiger partial charge in [0.15, 0.2) is 0 Å². The van der Waals surface area contributed by atoms with Crippen LogP contribution in [-0.4, -0.2) is 57.1 Å². The Bertz CT molecular complexity index is 1320. The number of nitrogens with one attached hydrogen (secondary N) is 1. The summed E-state index contributed by atoms with van der Waals surface area (Å²) < 4.78 is 31.9. The van der Waals surface area contributed by atoms with Crippen LogP contribution in [0.4, 0.5) is 5.69 Å². The van der Waals surface area contributed by atoms with Crippen molar-refractivity contribution in [2.75, 3.05) is 24.2 Å². The summed E-state index contributed by atoms with van der Waals surface area (Å²) in [6.45, 7) is 3.57. The van der Waals surface area contributed by atoms with E-state index < -0.39 is 28.5 Å². The summed E-state index contributed by atoms with van der Waals surface area (Å²) in [5.41, 5.74) is 2.05. The maximum Gasteiger partial charge on any atom is 0.244 e. The molecule has 0 saturated heterocycles. The maximum atomic E-state index is 14.0. The number of rotatable bonds is 13. The second-order valence-corrected chi connectivity index (χ2v) is 11.4. The fraction of sp³-hybridized carbons (Fsp3) is 0.333. The van der Waals surface area contributed by atoms with Gasteiger partial charge in [0.2, 0.25) is 21.8 Å². The molecule has 3 aromatic carbocycles. The van der Waals surface area contributed by atoms with Crippen molar-refractivity contribution in [1.82, 2.24) is 10.2 Å². The van der Waals surface area contributed by atoms with Gasteiger partial charge < -0.3 is 15.0 Å². The SMILES string of the molecule is CC[C@H](C)NC(=O)[C@@H](Cc1ccccc1)N(Cc1ccccc1)C(=O)CN(c1ccc(OC)cc1)S(C)(=O)=O. The largest absolute Gasteiger partial charge is 0.497 e. The van der Waals surface area contributed by atoms with Crippen molar-refractivity contribution in [1.29, 1.82) is 0 Å². The van der Waals surface area contributed by atoms with Gasteiger partial charge in [0.1, 0.15) is 18.3 Å². The molecule has 2 atom stereocenters. The number of benzene rings is 3. The van der Waals surface area contributed by atoms with Crippen LogP contribution in [0.5, 0.6) is 5.75 Å². The number of anilines is 1. The van der Waals surface area contributed by atoms with Gasteiger partial charge in [-0.15, -0.1) is 0 Å². The lowest BCUT2D eigenvalue weighted by Gasteiger charge is -2.34. The Kier molecular flexibility index (Phi) is 10.5. The molecular weight excluding hydrogens is 514 g/mol. The van der Waals surface area contributed by atoms with Crippen molar-refractivity contribution in [3.8, 4) is 5.75 Å². The molecule has 9 heteroatoms. The van der Waals surface area contributed by atoms with Gasteiger partial charge in [0.05, 0.1) is 19.1 Å². The lowest BCUT2D eigenvalue weighted by molar-refractivity contribution is -0.140. The summed E-state index contributed by atoms with van der Waals surface area (Å²) in [6.07, 6.45) is 2.07. The van der Waals surface area contributed by atoms with Crippen LogP contribution in [0.3, 0.4) is 0 Å². The van der Waals surface area contributed by atoms with Gasteiger partial charge in [-0.3, -0.25) is 13.9 Å². The molecule has 39 heavy (non-hydrogen) atoms. The van der Waals surface area contributed by atoms with Crippen LogP contribution in [0.2, 0.25) is 0 Å². The third-order valence-electron chi connectivity index (χ3n) is 6.51. The van der Waals surface area contributed by atoms with Crippen LogP contribution in [0, 0.1) is 0 Å². The molecule has 2 amide bonds. The lowest BCUT2D eigenvalue weighted by atomic mass is 10.0. The van der Waals surface area contributed by atoms with Crippen LogP contribution < -0.4 is 14.4 Å². The standard InChI is InChI=1S/C30H37N3O5S/c1-5-23(2)31-30(35)28(20-24-12-8-6-9-13-24)32(21-25-14-10-7-11-15-25)29(34)22-33(39(4,36)37)26-16-18-27(38-3)19-17-26/h6-19,23,28H,5,20-22H2,1-4H3,(H,31,35)/t23-,28+/m0/s1. The highest BCUT2D eigenvalue weighted by atomic mass is 32.2. The van der Waals surface area contributed by atoms with E-state index in [9.17, 15) is 18.0 Å². The van der Waals surface area contributed by atoms with Gasteiger partial charge >= 0.3 is 0 Å². The van der Waals surface area contributed by atoms with Crippen LogP contribution in [0.25, 0.3) is 0 Å². The average Bonchev–Trinajstić information content (AvgIpc) is 2.94. The summed E-state index contributed by atoms with van der Waals surface area (Å²) in [6, 6.07) is 24.4. The van der Waals surface area contributed by atoms with Crippen LogP contribution in [0.15, 0.2) is 84.9 Å². The van der Waals surface area contributed by atoms with E-state index in [-0.39, 0.29) is 24.9 Å². The molecule has 0 bridgehead atoms. The number of carbonyl (C=O) groups excluding carboxylic acids is 2. The van der Waals surface area contributed by atoms with E-state index in [2.05, 4.69) is 5.32 Å². The topological polar surface area (TPSA) is 96.0 Å². The summed E-state index contributed by atoms with van der Waals surface area (Å²) >= 11 is 0. The second kappa shape index (κ2) is 13.8. The molecular formula is C30H37N3O5S. The number of amides is 2. The number of methoxy groups -OCH3 is 1. The molecule has 3 aromatic rings. The summed E-state index contributed by atoms with van der Waals surface area (Å²) in [5, 5.41) is 3.02. The van der Waals surface area contributed by atoms with Crippen molar-refractivity contribution in [3.05, 3.63) is 96.1 Å². The van der Waals surface area contributed by atoms with E-state index >= 15 is 0 Å². The minimum Gasteiger partial charge on any atom is -0.497 e. The highest BCUT2D eigenvalue weighted by Crippen LogP contribution is 2.23. The van der Waals surface area contributed by atoms with Crippen molar-refractivity contribution >= 4 is 27.5 Å². The van der Waals surface area contributed by atoms with Gasteiger partial charge in [0.25, 0.3) is 0 Å². The molecule has 0 aliphatic rings. The number of nitrogens with zero attached hydrogens (tertiary/aromatic N) is 2. The predicted octanol–water partition coefficient (Wildman–Crippen LogP) is 4.02. The van der Waals surface area contributed by atoms with E-state index in [1.807, 2.05) is 74.5 Å². The van der Waals surface area contributed by atoms with E-state index in [4.69, 9.17) is 4.74 Å². The quantitative estimate of drug-likeness (QED) is 0.346. The van der Waals surface area contributed by atoms with E-state index in [0.717, 1.165) is 28.1 Å². The zero-order valence-corrected chi connectivity index (χ0v) is 23.7. The van der Waals surface area contributed by atoms with Crippen molar-refractivity contribution in [3.63, 3.8) is 0 Å². The second-order valence-electron chi connectivity index (χ2n) is 9.50. The molecule has 0 heterocycles. The van der Waals surface area contributed by atoms with Gasteiger partial charge in [-0.1, -0.05) is 67.6 Å². The zero-order chi connectivity index (χ0) is 28.4. The highest BCUT2D eigenvalue weighted by molar-refractivity contribution is 7.92. The molecule has 0 aliphatic heterocycles. The maximum absolute atomic E-state index is 14.0. The molecule has 0 aromatic heterocycles. The molecule has 0 aliphatic carbocycles. The van der Waals surface area contributed by atoms with Crippen LogP contribution in [-0.2, 0) is 32.6 Å². The van der Waals surface area contributed by atoms with Gasteiger partial charge in [-0.05, 0) is 48.7 Å². The van der Waals surface area contributed by atoms with Gasteiger partial charge in [-0.2, -0.15) is 0 Å². The Morgan fingerprint density at radius 3 is 1.97 bits per heavy atom. The molecule has 208 valence electrons.